The van der Waals surface area contributed by atoms with Gasteiger partial charge in [0.05, 0.1) is 0 Å². The first-order valence-corrected chi connectivity index (χ1v) is 12.6. The SMILES string of the molecule is CCCCCNC(=O)C(c1ccc(C)cc1C)N(C(=O)C(C)NC(=O)OC(C)(C)C)C1CCC1. The Kier molecular flexibility index (Phi) is 9.95. The number of alkyl carbamates (subject to hydrolysis) is 1. The molecule has 7 heteroatoms. The van der Waals surface area contributed by atoms with Gasteiger partial charge in [-0.15, -0.1) is 0 Å². The van der Waals surface area contributed by atoms with E-state index in [4.69, 9.17) is 4.74 Å². The third kappa shape index (κ3) is 7.74. The van der Waals surface area contributed by atoms with Crippen LogP contribution in [0.25, 0.3) is 0 Å². The van der Waals surface area contributed by atoms with Gasteiger partial charge in [0.15, 0.2) is 0 Å². The van der Waals surface area contributed by atoms with E-state index in [2.05, 4.69) is 17.6 Å². The van der Waals surface area contributed by atoms with Crippen molar-refractivity contribution in [3.63, 3.8) is 0 Å². The van der Waals surface area contributed by atoms with Crippen molar-refractivity contribution >= 4 is 17.9 Å². The number of aryl methyl sites for hydroxylation is 2. The molecule has 0 aromatic heterocycles. The van der Waals surface area contributed by atoms with Crippen LogP contribution in [0.1, 0.15) is 95.9 Å². The maximum absolute atomic E-state index is 13.7. The third-order valence-corrected chi connectivity index (χ3v) is 6.15. The summed E-state index contributed by atoms with van der Waals surface area (Å²) in [7, 11) is 0. The number of ether oxygens (including phenoxy) is 1. The van der Waals surface area contributed by atoms with Crippen molar-refractivity contribution in [1.82, 2.24) is 15.5 Å². The summed E-state index contributed by atoms with van der Waals surface area (Å²) in [5.41, 5.74) is 2.23. The lowest BCUT2D eigenvalue weighted by Gasteiger charge is -2.43. The summed E-state index contributed by atoms with van der Waals surface area (Å²) >= 11 is 0. The molecule has 2 atom stereocenters. The fraction of sp³-hybridized carbons (Fsp3) is 0.667. The molecule has 1 saturated carbocycles. The van der Waals surface area contributed by atoms with Crippen LogP contribution in [0.4, 0.5) is 4.79 Å². The van der Waals surface area contributed by atoms with Gasteiger partial charge in [-0.2, -0.15) is 0 Å². The molecule has 7 nitrogen and oxygen atoms in total. The van der Waals surface area contributed by atoms with E-state index in [1.165, 1.54) is 0 Å². The summed E-state index contributed by atoms with van der Waals surface area (Å²) in [5, 5.41) is 5.73. The van der Waals surface area contributed by atoms with Gasteiger partial charge in [-0.1, -0.05) is 43.5 Å². The minimum absolute atomic E-state index is 0.0394. The van der Waals surface area contributed by atoms with Crippen molar-refractivity contribution in [3.05, 3.63) is 34.9 Å². The average Bonchev–Trinajstić information content (AvgIpc) is 2.68. The molecule has 34 heavy (non-hydrogen) atoms. The van der Waals surface area contributed by atoms with Crippen molar-refractivity contribution in [3.8, 4) is 0 Å². The number of rotatable bonds is 10. The van der Waals surface area contributed by atoms with E-state index in [-0.39, 0.29) is 17.9 Å². The molecule has 2 unspecified atom stereocenters. The normalized spacial score (nSPS) is 15.6. The zero-order valence-electron chi connectivity index (χ0n) is 22.0. The van der Waals surface area contributed by atoms with E-state index in [0.29, 0.717) is 6.54 Å². The number of hydrogen-bond donors (Lipinski definition) is 2. The molecule has 0 bridgehead atoms. The van der Waals surface area contributed by atoms with Crippen LogP contribution in [-0.2, 0) is 14.3 Å². The molecule has 1 aliphatic carbocycles. The van der Waals surface area contributed by atoms with Crippen molar-refractivity contribution in [2.75, 3.05) is 6.54 Å². The molecule has 190 valence electrons. The number of nitrogens with zero attached hydrogens (tertiary/aromatic N) is 1. The Balaban J connectivity index is 2.36. The number of carbonyl (C=O) groups is 3. The second kappa shape index (κ2) is 12.2. The summed E-state index contributed by atoms with van der Waals surface area (Å²) in [5.74, 6) is -0.447. The fourth-order valence-corrected chi connectivity index (χ4v) is 4.19. The van der Waals surface area contributed by atoms with Crippen LogP contribution < -0.4 is 10.6 Å². The molecular formula is C27H43N3O4. The summed E-state index contributed by atoms with van der Waals surface area (Å²) in [6, 6.07) is 4.36. The van der Waals surface area contributed by atoms with Gasteiger partial charge in [-0.05, 0) is 78.4 Å². The van der Waals surface area contributed by atoms with Gasteiger partial charge >= 0.3 is 6.09 Å². The molecule has 2 N–H and O–H groups in total. The Hall–Kier alpha value is -2.57. The minimum Gasteiger partial charge on any atom is -0.444 e. The molecule has 0 aliphatic heterocycles. The summed E-state index contributed by atoms with van der Waals surface area (Å²) in [4.78, 5) is 41.3. The van der Waals surface area contributed by atoms with E-state index in [1.807, 2.05) is 32.0 Å². The Morgan fingerprint density at radius 1 is 1.15 bits per heavy atom. The fourth-order valence-electron chi connectivity index (χ4n) is 4.19. The van der Waals surface area contributed by atoms with Crippen molar-refractivity contribution in [1.29, 1.82) is 0 Å². The van der Waals surface area contributed by atoms with Crippen LogP contribution in [0.3, 0.4) is 0 Å². The molecule has 0 radical (unpaired) electrons. The highest BCUT2D eigenvalue weighted by Crippen LogP contribution is 2.35. The molecular weight excluding hydrogens is 430 g/mol. The first kappa shape index (κ1) is 27.7. The summed E-state index contributed by atoms with van der Waals surface area (Å²) < 4.78 is 5.34. The third-order valence-electron chi connectivity index (χ3n) is 6.15. The smallest absolute Gasteiger partial charge is 0.408 e. The number of hydrogen-bond acceptors (Lipinski definition) is 4. The monoisotopic (exact) mass is 473 g/mol. The number of amides is 3. The summed E-state index contributed by atoms with van der Waals surface area (Å²) in [6.07, 6.45) is 5.06. The molecule has 3 amide bonds. The molecule has 1 aromatic carbocycles. The Labute approximate surface area is 205 Å². The number of benzene rings is 1. The van der Waals surface area contributed by atoms with E-state index in [0.717, 1.165) is 55.2 Å². The topological polar surface area (TPSA) is 87.7 Å². The zero-order valence-corrected chi connectivity index (χ0v) is 22.0. The lowest BCUT2D eigenvalue weighted by molar-refractivity contribution is -0.147. The number of carbonyl (C=O) groups excluding carboxylic acids is 3. The Bertz CT molecular complexity index is 858. The summed E-state index contributed by atoms with van der Waals surface area (Å²) in [6.45, 7) is 13.7. The highest BCUT2D eigenvalue weighted by atomic mass is 16.6. The van der Waals surface area contributed by atoms with Gasteiger partial charge in [0, 0.05) is 12.6 Å². The van der Waals surface area contributed by atoms with Crippen molar-refractivity contribution < 1.29 is 19.1 Å². The van der Waals surface area contributed by atoms with Gasteiger partial charge < -0.3 is 20.3 Å². The average molecular weight is 474 g/mol. The van der Waals surface area contributed by atoms with Crippen LogP contribution in [0.15, 0.2) is 18.2 Å². The first-order valence-electron chi connectivity index (χ1n) is 12.6. The standard InChI is InChI=1S/C27H43N3O4/c1-8-9-10-16-28-24(31)23(22-15-14-18(2)17-19(22)3)30(21-12-11-13-21)25(32)20(4)29-26(33)34-27(5,6)7/h14-15,17,20-21,23H,8-13,16H2,1-7H3,(H,28,31)(H,29,33). The predicted octanol–water partition coefficient (Wildman–Crippen LogP) is 4.95. The molecule has 1 fully saturated rings. The molecule has 2 rings (SSSR count). The molecule has 1 aliphatic rings. The lowest BCUT2D eigenvalue weighted by atomic mass is 9.87. The van der Waals surface area contributed by atoms with E-state index in [1.54, 1.807) is 32.6 Å². The van der Waals surface area contributed by atoms with Crippen LogP contribution >= 0.6 is 0 Å². The highest BCUT2D eigenvalue weighted by Gasteiger charge is 2.41. The van der Waals surface area contributed by atoms with Gasteiger partial charge in [0.25, 0.3) is 0 Å². The number of unbranched alkanes of at least 4 members (excludes halogenated alkanes) is 2. The molecule has 0 heterocycles. The first-order chi connectivity index (χ1) is 15.9. The second-order valence-corrected chi connectivity index (χ2v) is 10.5. The van der Waals surface area contributed by atoms with Gasteiger partial charge in [0.1, 0.15) is 17.7 Å². The van der Waals surface area contributed by atoms with Gasteiger partial charge in [-0.3, -0.25) is 9.59 Å². The maximum Gasteiger partial charge on any atom is 0.408 e. The Morgan fingerprint density at radius 3 is 2.35 bits per heavy atom. The highest BCUT2D eigenvalue weighted by molar-refractivity contribution is 5.92. The maximum atomic E-state index is 13.7. The van der Waals surface area contributed by atoms with Crippen LogP contribution in [0.2, 0.25) is 0 Å². The second-order valence-electron chi connectivity index (χ2n) is 10.5. The minimum atomic E-state index is -0.823. The van der Waals surface area contributed by atoms with Crippen molar-refractivity contribution in [2.24, 2.45) is 0 Å². The van der Waals surface area contributed by atoms with E-state index < -0.39 is 23.8 Å². The number of nitrogens with one attached hydrogen (secondary N) is 2. The van der Waals surface area contributed by atoms with Crippen LogP contribution in [0, 0.1) is 13.8 Å². The van der Waals surface area contributed by atoms with E-state index >= 15 is 0 Å². The van der Waals surface area contributed by atoms with Gasteiger partial charge in [0.2, 0.25) is 11.8 Å². The van der Waals surface area contributed by atoms with Crippen molar-refractivity contribution in [2.45, 2.75) is 111 Å². The van der Waals surface area contributed by atoms with Gasteiger partial charge in [-0.25, -0.2) is 4.79 Å². The molecule has 0 spiro atoms. The Morgan fingerprint density at radius 2 is 1.82 bits per heavy atom. The lowest BCUT2D eigenvalue weighted by Crippen LogP contribution is -2.56. The quantitative estimate of drug-likeness (QED) is 0.471. The van der Waals surface area contributed by atoms with Crippen LogP contribution in [0.5, 0.6) is 0 Å². The molecule has 1 aromatic rings. The van der Waals surface area contributed by atoms with E-state index in [9.17, 15) is 14.4 Å². The molecule has 0 saturated heterocycles. The van der Waals surface area contributed by atoms with Crippen LogP contribution in [-0.4, -0.2) is 47.0 Å². The predicted molar refractivity (Wildman–Crippen MR) is 135 cm³/mol. The largest absolute Gasteiger partial charge is 0.444 e. The zero-order chi connectivity index (χ0) is 25.5.